The number of rotatable bonds is 6. The molecule has 0 radical (unpaired) electrons. The van der Waals surface area contributed by atoms with Crippen LogP contribution in [0.1, 0.15) is 36.5 Å². The van der Waals surface area contributed by atoms with Gasteiger partial charge in [-0.3, -0.25) is 4.79 Å². The Labute approximate surface area is 120 Å². The highest BCUT2D eigenvalue weighted by Gasteiger charge is 2.18. The first kappa shape index (κ1) is 16.7. The highest BCUT2D eigenvalue weighted by molar-refractivity contribution is 7.89. The van der Waals surface area contributed by atoms with E-state index in [2.05, 4.69) is 5.32 Å². The zero-order valence-electron chi connectivity index (χ0n) is 12.6. The summed E-state index contributed by atoms with van der Waals surface area (Å²) in [5.41, 5.74) is 0.909. The normalized spacial score (nSPS) is 13.5. The van der Waals surface area contributed by atoms with Crippen molar-refractivity contribution in [3.63, 3.8) is 0 Å². The molecule has 0 unspecified atom stereocenters. The number of sulfonamides is 1. The van der Waals surface area contributed by atoms with Gasteiger partial charge in [-0.2, -0.15) is 0 Å². The maximum Gasteiger partial charge on any atom is 0.221 e. The van der Waals surface area contributed by atoms with E-state index in [1.165, 1.54) is 14.1 Å². The topological polar surface area (TPSA) is 79.6 Å². The SMILES string of the molecule is Cc1cc([C@@H](C)NC(=O)CCS(=O)(=O)N(C)C)c(C)o1. The van der Waals surface area contributed by atoms with Crippen LogP contribution in [0, 0.1) is 13.8 Å². The molecule has 1 rings (SSSR count). The molecule has 1 atom stereocenters. The molecule has 20 heavy (non-hydrogen) atoms. The summed E-state index contributed by atoms with van der Waals surface area (Å²) in [6.07, 6.45) is -0.0548. The van der Waals surface area contributed by atoms with Gasteiger partial charge in [-0.1, -0.05) is 0 Å². The van der Waals surface area contributed by atoms with Gasteiger partial charge in [-0.15, -0.1) is 0 Å². The van der Waals surface area contributed by atoms with E-state index in [1.807, 2.05) is 26.8 Å². The number of nitrogens with one attached hydrogen (secondary N) is 1. The Kier molecular flexibility index (Phi) is 5.35. The zero-order valence-corrected chi connectivity index (χ0v) is 13.4. The van der Waals surface area contributed by atoms with Crippen LogP contribution in [0.5, 0.6) is 0 Å². The first-order valence-electron chi connectivity index (χ1n) is 6.40. The summed E-state index contributed by atoms with van der Waals surface area (Å²) in [6.45, 7) is 5.52. The number of furan rings is 1. The van der Waals surface area contributed by atoms with Crippen molar-refractivity contribution < 1.29 is 17.6 Å². The molecule has 7 heteroatoms. The predicted octanol–water partition coefficient (Wildman–Crippen LogP) is 1.36. The van der Waals surface area contributed by atoms with Crippen LogP contribution in [0.3, 0.4) is 0 Å². The summed E-state index contributed by atoms with van der Waals surface area (Å²) in [5, 5.41) is 2.78. The zero-order chi connectivity index (χ0) is 15.5. The van der Waals surface area contributed by atoms with Gasteiger partial charge in [0.2, 0.25) is 15.9 Å². The summed E-state index contributed by atoms with van der Waals surface area (Å²) < 4.78 is 29.7. The number of amides is 1. The Bertz CT molecular complexity index is 575. The van der Waals surface area contributed by atoms with Crippen LogP contribution < -0.4 is 5.32 Å². The van der Waals surface area contributed by atoms with E-state index < -0.39 is 10.0 Å². The van der Waals surface area contributed by atoms with E-state index in [9.17, 15) is 13.2 Å². The largest absolute Gasteiger partial charge is 0.466 e. The molecule has 0 spiro atoms. The minimum Gasteiger partial charge on any atom is -0.466 e. The molecule has 0 aliphatic carbocycles. The smallest absolute Gasteiger partial charge is 0.221 e. The fourth-order valence-corrected chi connectivity index (χ4v) is 2.68. The Balaban J connectivity index is 2.57. The van der Waals surface area contributed by atoms with Crippen LogP contribution in [0.2, 0.25) is 0 Å². The summed E-state index contributed by atoms with van der Waals surface area (Å²) in [4.78, 5) is 11.8. The maximum atomic E-state index is 11.8. The number of carbonyl (C=O) groups is 1. The Morgan fingerprint density at radius 1 is 1.40 bits per heavy atom. The summed E-state index contributed by atoms with van der Waals surface area (Å²) in [7, 11) is -0.440. The molecule has 1 heterocycles. The molecule has 1 aromatic rings. The van der Waals surface area contributed by atoms with E-state index in [4.69, 9.17) is 4.42 Å². The lowest BCUT2D eigenvalue weighted by molar-refractivity contribution is -0.121. The Morgan fingerprint density at radius 2 is 2.00 bits per heavy atom. The average molecular weight is 302 g/mol. The van der Waals surface area contributed by atoms with Gasteiger partial charge in [0, 0.05) is 26.1 Å². The van der Waals surface area contributed by atoms with Crippen LogP contribution in [-0.4, -0.2) is 38.5 Å². The van der Waals surface area contributed by atoms with Crippen LogP contribution in [-0.2, 0) is 14.8 Å². The van der Waals surface area contributed by atoms with Gasteiger partial charge in [-0.05, 0) is 26.8 Å². The average Bonchev–Trinajstić information content (AvgIpc) is 2.66. The quantitative estimate of drug-likeness (QED) is 0.860. The van der Waals surface area contributed by atoms with E-state index in [0.29, 0.717) is 0 Å². The van der Waals surface area contributed by atoms with Crippen molar-refractivity contribution in [1.29, 1.82) is 0 Å². The monoisotopic (exact) mass is 302 g/mol. The molecule has 1 aromatic heterocycles. The molecule has 0 saturated heterocycles. The number of carbonyl (C=O) groups excluding carboxylic acids is 1. The second-order valence-corrected chi connectivity index (χ2v) is 7.31. The summed E-state index contributed by atoms with van der Waals surface area (Å²) in [5.74, 6) is 1.06. The molecular weight excluding hydrogens is 280 g/mol. The van der Waals surface area contributed by atoms with E-state index >= 15 is 0 Å². The van der Waals surface area contributed by atoms with Crippen LogP contribution in [0.4, 0.5) is 0 Å². The van der Waals surface area contributed by atoms with Gasteiger partial charge in [0.05, 0.1) is 11.8 Å². The van der Waals surface area contributed by atoms with Crippen molar-refractivity contribution >= 4 is 15.9 Å². The lowest BCUT2D eigenvalue weighted by atomic mass is 10.1. The number of nitrogens with zero attached hydrogens (tertiary/aromatic N) is 1. The molecular formula is C13H22N2O4S. The molecule has 1 amide bonds. The van der Waals surface area contributed by atoms with Crippen LogP contribution in [0.15, 0.2) is 10.5 Å². The molecule has 0 aromatic carbocycles. The lowest BCUT2D eigenvalue weighted by Crippen LogP contribution is -2.31. The number of hydrogen-bond acceptors (Lipinski definition) is 4. The van der Waals surface area contributed by atoms with Crippen LogP contribution >= 0.6 is 0 Å². The van der Waals surface area contributed by atoms with E-state index in [0.717, 1.165) is 21.4 Å². The summed E-state index contributed by atoms with van der Waals surface area (Å²) in [6, 6.07) is 1.67. The lowest BCUT2D eigenvalue weighted by Gasteiger charge is -2.14. The van der Waals surface area contributed by atoms with Crippen LogP contribution in [0.25, 0.3) is 0 Å². The fraction of sp³-hybridized carbons (Fsp3) is 0.615. The maximum absolute atomic E-state index is 11.8. The minimum absolute atomic E-state index is 0.0548. The molecule has 0 aliphatic rings. The van der Waals surface area contributed by atoms with Crippen molar-refractivity contribution in [2.24, 2.45) is 0 Å². The molecule has 6 nitrogen and oxygen atoms in total. The van der Waals surface area contributed by atoms with Gasteiger partial charge in [0.25, 0.3) is 0 Å². The van der Waals surface area contributed by atoms with Crippen molar-refractivity contribution in [3.8, 4) is 0 Å². The van der Waals surface area contributed by atoms with Crippen molar-refractivity contribution in [1.82, 2.24) is 9.62 Å². The Hall–Kier alpha value is -1.34. The van der Waals surface area contributed by atoms with Gasteiger partial charge in [0.15, 0.2) is 0 Å². The first-order valence-corrected chi connectivity index (χ1v) is 8.01. The first-order chi connectivity index (χ1) is 9.13. The standard InChI is InChI=1S/C13H22N2O4S/c1-9-8-12(11(3)19-9)10(2)14-13(16)6-7-20(17,18)15(4)5/h8,10H,6-7H2,1-5H3,(H,14,16)/t10-/m1/s1. The third-order valence-corrected chi connectivity index (χ3v) is 4.90. The predicted molar refractivity (Wildman–Crippen MR) is 76.8 cm³/mol. The van der Waals surface area contributed by atoms with E-state index in [1.54, 1.807) is 0 Å². The minimum atomic E-state index is -3.34. The molecule has 0 aliphatic heterocycles. The number of aryl methyl sites for hydroxylation is 2. The molecule has 114 valence electrons. The second-order valence-electron chi connectivity index (χ2n) is 5.01. The van der Waals surface area contributed by atoms with Crippen molar-refractivity contribution in [2.45, 2.75) is 33.2 Å². The van der Waals surface area contributed by atoms with E-state index in [-0.39, 0.29) is 24.1 Å². The third kappa shape index (κ3) is 4.35. The highest BCUT2D eigenvalue weighted by atomic mass is 32.2. The molecule has 0 bridgehead atoms. The Morgan fingerprint density at radius 3 is 2.45 bits per heavy atom. The molecule has 0 saturated carbocycles. The second kappa shape index (κ2) is 6.41. The van der Waals surface area contributed by atoms with Crippen molar-refractivity contribution in [2.75, 3.05) is 19.8 Å². The van der Waals surface area contributed by atoms with Crippen molar-refractivity contribution in [3.05, 3.63) is 23.2 Å². The number of hydrogen-bond donors (Lipinski definition) is 1. The van der Waals surface area contributed by atoms with Gasteiger partial charge < -0.3 is 9.73 Å². The fourth-order valence-electron chi connectivity index (χ4n) is 1.88. The highest BCUT2D eigenvalue weighted by Crippen LogP contribution is 2.21. The molecule has 1 N–H and O–H groups in total. The molecule has 0 fully saturated rings. The van der Waals surface area contributed by atoms with Gasteiger partial charge >= 0.3 is 0 Å². The summed E-state index contributed by atoms with van der Waals surface area (Å²) >= 11 is 0. The third-order valence-electron chi connectivity index (χ3n) is 3.07. The van der Waals surface area contributed by atoms with Gasteiger partial charge in [-0.25, -0.2) is 12.7 Å². The van der Waals surface area contributed by atoms with Gasteiger partial charge in [0.1, 0.15) is 11.5 Å².